The molecular formula is C30H38O6S3. The topological polar surface area (TPSA) is 71.1 Å². The highest BCUT2D eigenvalue weighted by Crippen LogP contribution is 2.34. The minimum absolute atomic E-state index is 0.241. The number of hydrogen-bond donors (Lipinski definition) is 0. The van der Waals surface area contributed by atoms with Gasteiger partial charge in [0.25, 0.3) is 0 Å². The molecule has 0 radical (unpaired) electrons. The van der Waals surface area contributed by atoms with E-state index >= 15 is 0 Å². The van der Waals surface area contributed by atoms with Crippen LogP contribution in [-0.2, 0) is 28.5 Å². The van der Waals surface area contributed by atoms with Gasteiger partial charge in [0, 0.05) is 42.2 Å². The Morgan fingerprint density at radius 2 is 1.08 bits per heavy atom. The van der Waals surface area contributed by atoms with E-state index in [-0.39, 0.29) is 25.2 Å². The molecule has 0 amide bonds. The summed E-state index contributed by atoms with van der Waals surface area (Å²) in [5.74, 6) is 0.887. The Morgan fingerprint density at radius 3 is 1.44 bits per heavy atom. The molecule has 0 aromatic heterocycles. The summed E-state index contributed by atoms with van der Waals surface area (Å²) in [4.78, 5) is 27.5. The van der Waals surface area contributed by atoms with Gasteiger partial charge >= 0.3 is 11.9 Å². The predicted octanol–water partition coefficient (Wildman–Crippen LogP) is 6.91. The summed E-state index contributed by atoms with van der Waals surface area (Å²) in [6, 6.07) is 13.1. The number of ether oxygens (including phenoxy) is 4. The Labute approximate surface area is 245 Å². The molecule has 2 aromatic carbocycles. The third-order valence-electron chi connectivity index (χ3n) is 5.12. The molecule has 0 saturated heterocycles. The molecule has 39 heavy (non-hydrogen) atoms. The summed E-state index contributed by atoms with van der Waals surface area (Å²) >= 11 is 5.27. The SMILES string of the molecule is C=C(C)C(=O)OCCOCCSc1ccc(Sc2ccc(SCCOCCOC(=O)C(=C)C)c(C)c2)cc1C. The van der Waals surface area contributed by atoms with Gasteiger partial charge in [0.05, 0.1) is 26.4 Å². The molecule has 2 aromatic rings. The summed E-state index contributed by atoms with van der Waals surface area (Å²) in [6.07, 6.45) is 0. The van der Waals surface area contributed by atoms with Gasteiger partial charge in [-0.3, -0.25) is 0 Å². The van der Waals surface area contributed by atoms with Crippen LogP contribution in [0.4, 0.5) is 0 Å². The number of carbonyl (C=O) groups is 2. The number of thioether (sulfide) groups is 2. The van der Waals surface area contributed by atoms with E-state index in [1.807, 2.05) is 0 Å². The largest absolute Gasteiger partial charge is 0.460 e. The first kappa shape index (κ1) is 33.0. The van der Waals surface area contributed by atoms with Crippen LogP contribution in [0, 0.1) is 13.8 Å². The second-order valence-electron chi connectivity index (χ2n) is 8.71. The Kier molecular flexibility index (Phi) is 15.4. The highest BCUT2D eigenvalue weighted by Gasteiger charge is 2.07. The van der Waals surface area contributed by atoms with Gasteiger partial charge in [-0.25, -0.2) is 9.59 Å². The molecule has 0 atom stereocenters. The molecule has 0 N–H and O–H groups in total. The van der Waals surface area contributed by atoms with Crippen LogP contribution in [0.1, 0.15) is 25.0 Å². The average molecular weight is 591 g/mol. The van der Waals surface area contributed by atoms with Crippen LogP contribution in [0.25, 0.3) is 0 Å². The van der Waals surface area contributed by atoms with Crippen molar-refractivity contribution in [3.8, 4) is 0 Å². The third-order valence-corrected chi connectivity index (χ3v) is 8.38. The quantitative estimate of drug-likeness (QED) is 0.0797. The first-order valence-electron chi connectivity index (χ1n) is 12.6. The van der Waals surface area contributed by atoms with Crippen molar-refractivity contribution < 1.29 is 28.5 Å². The van der Waals surface area contributed by atoms with E-state index in [2.05, 4.69) is 63.4 Å². The maximum absolute atomic E-state index is 11.3. The highest BCUT2D eigenvalue weighted by atomic mass is 32.2. The minimum atomic E-state index is -0.384. The van der Waals surface area contributed by atoms with Gasteiger partial charge in [0.1, 0.15) is 13.2 Å². The molecule has 0 unspecified atom stereocenters. The van der Waals surface area contributed by atoms with Crippen LogP contribution in [-0.4, -0.2) is 63.1 Å². The number of benzene rings is 2. The fourth-order valence-corrected chi connectivity index (χ4v) is 5.85. The zero-order valence-corrected chi connectivity index (χ0v) is 25.7. The summed E-state index contributed by atoms with van der Waals surface area (Å²) in [5.41, 5.74) is 3.26. The molecule has 0 aliphatic carbocycles. The molecule has 0 saturated carbocycles. The van der Waals surface area contributed by atoms with Gasteiger partial charge in [-0.15, -0.1) is 23.5 Å². The van der Waals surface area contributed by atoms with Crippen LogP contribution in [0.2, 0.25) is 0 Å². The molecule has 9 heteroatoms. The highest BCUT2D eigenvalue weighted by molar-refractivity contribution is 8.00. The monoisotopic (exact) mass is 590 g/mol. The number of aryl methyl sites for hydroxylation is 2. The summed E-state index contributed by atoms with van der Waals surface area (Å²) in [5, 5.41) is 0. The lowest BCUT2D eigenvalue weighted by molar-refractivity contribution is -0.141. The molecule has 0 aliphatic rings. The lowest BCUT2D eigenvalue weighted by atomic mass is 10.2. The lowest BCUT2D eigenvalue weighted by Crippen LogP contribution is -2.11. The van der Waals surface area contributed by atoms with Crippen molar-refractivity contribution in [3.63, 3.8) is 0 Å². The normalized spacial score (nSPS) is 10.8. The van der Waals surface area contributed by atoms with Gasteiger partial charge in [-0.05, 0) is 75.2 Å². The molecule has 0 heterocycles. The second-order valence-corrected chi connectivity index (χ2v) is 12.1. The standard InChI is InChI=1S/C30H38O6S3/c1-21(2)29(31)35-13-11-33-15-17-37-27-9-7-25(19-23(27)5)39-26-8-10-28(24(6)20-26)38-18-16-34-12-14-36-30(32)22(3)4/h7-10,19-20H,1,3,11-18H2,2,4-6H3. The van der Waals surface area contributed by atoms with Crippen molar-refractivity contribution in [2.24, 2.45) is 0 Å². The third kappa shape index (κ3) is 13.2. The second kappa shape index (κ2) is 18.2. The van der Waals surface area contributed by atoms with Crippen molar-refractivity contribution in [3.05, 3.63) is 71.8 Å². The molecule has 6 nitrogen and oxygen atoms in total. The number of carbonyl (C=O) groups excluding carboxylic acids is 2. The Balaban J connectivity index is 1.69. The van der Waals surface area contributed by atoms with Crippen molar-refractivity contribution in [1.29, 1.82) is 0 Å². The fourth-order valence-electron chi connectivity index (χ4n) is 3.09. The molecule has 0 bridgehead atoms. The van der Waals surface area contributed by atoms with E-state index in [9.17, 15) is 9.59 Å². The molecule has 0 fully saturated rings. The molecule has 0 spiro atoms. The van der Waals surface area contributed by atoms with Gasteiger partial charge in [-0.1, -0.05) is 24.9 Å². The van der Waals surface area contributed by atoms with E-state index in [0.29, 0.717) is 37.6 Å². The lowest BCUT2D eigenvalue weighted by Gasteiger charge is -2.11. The van der Waals surface area contributed by atoms with Crippen molar-refractivity contribution >= 4 is 47.2 Å². The number of esters is 2. The average Bonchev–Trinajstić information content (AvgIpc) is 2.89. The smallest absolute Gasteiger partial charge is 0.333 e. The molecular weight excluding hydrogens is 553 g/mol. The van der Waals surface area contributed by atoms with Crippen LogP contribution in [0.15, 0.2) is 80.3 Å². The van der Waals surface area contributed by atoms with E-state index in [4.69, 9.17) is 18.9 Å². The molecule has 2 rings (SSSR count). The fraction of sp³-hybridized carbons (Fsp3) is 0.400. The number of rotatable bonds is 18. The Hall–Kier alpha value is -2.17. The first-order chi connectivity index (χ1) is 18.7. The molecule has 212 valence electrons. The van der Waals surface area contributed by atoms with E-state index in [1.54, 1.807) is 49.1 Å². The maximum Gasteiger partial charge on any atom is 0.333 e. The zero-order valence-electron chi connectivity index (χ0n) is 23.2. The van der Waals surface area contributed by atoms with Crippen molar-refractivity contribution in [1.82, 2.24) is 0 Å². The van der Waals surface area contributed by atoms with Gasteiger partial charge in [0.15, 0.2) is 0 Å². The predicted molar refractivity (Wildman–Crippen MR) is 161 cm³/mol. The van der Waals surface area contributed by atoms with Crippen LogP contribution >= 0.6 is 35.3 Å². The molecule has 0 aliphatic heterocycles. The summed E-state index contributed by atoms with van der Waals surface area (Å²) in [7, 11) is 0. The van der Waals surface area contributed by atoms with E-state index in [0.717, 1.165) is 11.5 Å². The van der Waals surface area contributed by atoms with Crippen molar-refractivity contribution in [2.45, 2.75) is 47.3 Å². The van der Waals surface area contributed by atoms with Gasteiger partial charge in [-0.2, -0.15) is 0 Å². The summed E-state index contributed by atoms with van der Waals surface area (Å²) in [6.45, 7) is 17.0. The van der Waals surface area contributed by atoms with E-state index < -0.39 is 0 Å². The maximum atomic E-state index is 11.3. The number of hydrogen-bond acceptors (Lipinski definition) is 9. The van der Waals surface area contributed by atoms with Gasteiger partial charge in [0.2, 0.25) is 0 Å². The zero-order chi connectivity index (χ0) is 28.6. The summed E-state index contributed by atoms with van der Waals surface area (Å²) < 4.78 is 21.1. The van der Waals surface area contributed by atoms with Gasteiger partial charge < -0.3 is 18.9 Å². The Morgan fingerprint density at radius 1 is 0.667 bits per heavy atom. The van der Waals surface area contributed by atoms with Crippen LogP contribution in [0.5, 0.6) is 0 Å². The van der Waals surface area contributed by atoms with E-state index in [1.165, 1.54) is 30.7 Å². The first-order valence-corrected chi connectivity index (χ1v) is 15.4. The minimum Gasteiger partial charge on any atom is -0.460 e. The Bertz CT molecular complexity index is 1040. The van der Waals surface area contributed by atoms with Crippen molar-refractivity contribution in [2.75, 3.05) is 51.1 Å². The van der Waals surface area contributed by atoms with Crippen LogP contribution in [0.3, 0.4) is 0 Å². The van der Waals surface area contributed by atoms with Crippen LogP contribution < -0.4 is 0 Å².